The van der Waals surface area contributed by atoms with Crippen molar-refractivity contribution in [1.82, 2.24) is 10.6 Å². The van der Waals surface area contributed by atoms with Crippen LogP contribution in [0.1, 0.15) is 39.2 Å². The van der Waals surface area contributed by atoms with Crippen LogP contribution >= 0.6 is 0 Å². The molecule has 0 aliphatic heterocycles. The molecule has 0 saturated heterocycles. The fourth-order valence-electron chi connectivity index (χ4n) is 1.64. The minimum atomic E-state index is -0.531. The molecule has 0 radical (unpaired) electrons. The van der Waals surface area contributed by atoms with E-state index in [9.17, 15) is 14.0 Å². The largest absolute Gasteiger partial charge is 0.444 e. The molecule has 0 heterocycles. The number of rotatable bonds is 6. The minimum absolute atomic E-state index is 0.115. The zero-order valence-electron chi connectivity index (χ0n) is 13.2. The predicted molar refractivity (Wildman–Crippen MR) is 81.7 cm³/mol. The van der Waals surface area contributed by atoms with Crippen LogP contribution in [0.3, 0.4) is 0 Å². The summed E-state index contributed by atoms with van der Waals surface area (Å²) in [7, 11) is 0. The monoisotopic (exact) mass is 310 g/mol. The molecule has 0 spiro atoms. The number of benzene rings is 1. The molecular weight excluding hydrogens is 287 g/mol. The van der Waals surface area contributed by atoms with E-state index in [1.165, 1.54) is 12.1 Å². The van der Waals surface area contributed by atoms with Gasteiger partial charge in [0.15, 0.2) is 0 Å². The first kappa shape index (κ1) is 17.9. The van der Waals surface area contributed by atoms with Crippen LogP contribution in [0.2, 0.25) is 0 Å². The molecule has 0 saturated carbocycles. The Morgan fingerprint density at radius 1 is 1.14 bits per heavy atom. The van der Waals surface area contributed by atoms with Crippen LogP contribution in [0.4, 0.5) is 9.18 Å². The van der Waals surface area contributed by atoms with Crippen molar-refractivity contribution in [2.45, 2.75) is 45.8 Å². The Hall–Kier alpha value is -2.11. The smallest absolute Gasteiger partial charge is 0.407 e. The van der Waals surface area contributed by atoms with Gasteiger partial charge in [-0.2, -0.15) is 0 Å². The average molecular weight is 310 g/mol. The summed E-state index contributed by atoms with van der Waals surface area (Å²) in [4.78, 5) is 23.0. The number of carbonyl (C=O) groups is 2. The number of ether oxygens (including phenoxy) is 1. The maximum atomic E-state index is 12.7. The highest BCUT2D eigenvalue weighted by atomic mass is 19.1. The lowest BCUT2D eigenvalue weighted by Crippen LogP contribution is -2.33. The van der Waals surface area contributed by atoms with Gasteiger partial charge >= 0.3 is 6.09 Å². The number of hydrogen-bond donors (Lipinski definition) is 2. The van der Waals surface area contributed by atoms with E-state index in [4.69, 9.17) is 4.74 Å². The van der Waals surface area contributed by atoms with Crippen LogP contribution in [0.15, 0.2) is 24.3 Å². The summed E-state index contributed by atoms with van der Waals surface area (Å²) < 4.78 is 17.8. The molecule has 1 rings (SSSR count). The molecule has 0 aliphatic rings. The van der Waals surface area contributed by atoms with E-state index < -0.39 is 11.7 Å². The standard InChI is InChI=1S/C16H23FN2O3/c1-16(2,3)22-15(21)18-10-4-5-14(20)19-11-12-6-8-13(17)9-7-12/h6-9H,4-5,10-11H2,1-3H3,(H,18,21)(H,19,20). The van der Waals surface area contributed by atoms with Gasteiger partial charge in [0.1, 0.15) is 11.4 Å². The first-order chi connectivity index (χ1) is 10.3. The lowest BCUT2D eigenvalue weighted by atomic mass is 10.2. The minimum Gasteiger partial charge on any atom is -0.444 e. The molecule has 0 aromatic heterocycles. The van der Waals surface area contributed by atoms with Crippen molar-refractivity contribution >= 4 is 12.0 Å². The zero-order chi connectivity index (χ0) is 16.6. The van der Waals surface area contributed by atoms with Crippen molar-refractivity contribution in [3.63, 3.8) is 0 Å². The van der Waals surface area contributed by atoms with Crippen LogP contribution in [0.25, 0.3) is 0 Å². The summed E-state index contributed by atoms with van der Waals surface area (Å²) in [6, 6.07) is 5.96. The van der Waals surface area contributed by atoms with Gasteiger partial charge in [-0.15, -0.1) is 0 Å². The molecule has 2 N–H and O–H groups in total. The van der Waals surface area contributed by atoms with Crippen molar-refractivity contribution in [3.8, 4) is 0 Å². The van der Waals surface area contributed by atoms with Crippen LogP contribution < -0.4 is 10.6 Å². The van der Waals surface area contributed by atoms with Crippen molar-refractivity contribution < 1.29 is 18.7 Å². The predicted octanol–water partition coefficient (Wildman–Crippen LogP) is 2.75. The molecule has 0 fully saturated rings. The second kappa shape index (κ2) is 8.36. The Kier molecular flexibility index (Phi) is 6.82. The van der Waals surface area contributed by atoms with Gasteiger partial charge in [-0.05, 0) is 44.9 Å². The number of amides is 2. The number of hydrogen-bond acceptors (Lipinski definition) is 3. The van der Waals surface area contributed by atoms with Crippen molar-refractivity contribution in [3.05, 3.63) is 35.6 Å². The maximum absolute atomic E-state index is 12.7. The SMILES string of the molecule is CC(C)(C)OC(=O)NCCCC(=O)NCc1ccc(F)cc1. The number of carbonyl (C=O) groups excluding carboxylic acids is 2. The van der Waals surface area contributed by atoms with Crippen LogP contribution in [-0.4, -0.2) is 24.1 Å². The Labute approximate surface area is 130 Å². The normalized spacial score (nSPS) is 10.9. The lowest BCUT2D eigenvalue weighted by molar-refractivity contribution is -0.121. The molecule has 2 amide bonds. The summed E-state index contributed by atoms with van der Waals surface area (Å²) in [6.45, 7) is 6.10. The van der Waals surface area contributed by atoms with Crippen molar-refractivity contribution in [2.75, 3.05) is 6.54 Å². The van der Waals surface area contributed by atoms with E-state index in [1.54, 1.807) is 32.9 Å². The van der Waals surface area contributed by atoms with Gasteiger partial charge in [0.25, 0.3) is 0 Å². The number of nitrogens with one attached hydrogen (secondary N) is 2. The van der Waals surface area contributed by atoms with E-state index in [-0.39, 0.29) is 11.7 Å². The fraction of sp³-hybridized carbons (Fsp3) is 0.500. The highest BCUT2D eigenvalue weighted by Gasteiger charge is 2.15. The topological polar surface area (TPSA) is 67.4 Å². The first-order valence-corrected chi connectivity index (χ1v) is 7.24. The molecule has 0 unspecified atom stereocenters. The van der Waals surface area contributed by atoms with Gasteiger partial charge in [0, 0.05) is 19.5 Å². The van der Waals surface area contributed by atoms with Crippen LogP contribution in [0, 0.1) is 5.82 Å². The molecule has 0 atom stereocenters. The first-order valence-electron chi connectivity index (χ1n) is 7.24. The van der Waals surface area contributed by atoms with E-state index in [2.05, 4.69) is 10.6 Å². The number of halogens is 1. The highest BCUT2D eigenvalue weighted by Crippen LogP contribution is 2.06. The fourth-order valence-corrected chi connectivity index (χ4v) is 1.64. The second-order valence-electron chi connectivity index (χ2n) is 5.94. The Morgan fingerprint density at radius 2 is 1.77 bits per heavy atom. The molecule has 22 heavy (non-hydrogen) atoms. The van der Waals surface area contributed by atoms with Crippen molar-refractivity contribution in [2.24, 2.45) is 0 Å². The summed E-state index contributed by atoms with van der Waals surface area (Å²) >= 11 is 0. The summed E-state index contributed by atoms with van der Waals surface area (Å²) in [5, 5.41) is 5.33. The summed E-state index contributed by atoms with van der Waals surface area (Å²) in [6.07, 6.45) is 0.338. The average Bonchev–Trinajstić information content (AvgIpc) is 2.41. The Morgan fingerprint density at radius 3 is 2.36 bits per heavy atom. The zero-order valence-corrected chi connectivity index (χ0v) is 13.2. The maximum Gasteiger partial charge on any atom is 0.407 e. The molecule has 0 bridgehead atoms. The van der Waals surface area contributed by atoms with E-state index in [1.807, 2.05) is 0 Å². The Bertz CT molecular complexity index is 495. The van der Waals surface area contributed by atoms with Gasteiger partial charge in [-0.1, -0.05) is 12.1 Å². The Balaban J connectivity index is 2.13. The summed E-state index contributed by atoms with van der Waals surface area (Å²) in [5.41, 5.74) is 0.304. The van der Waals surface area contributed by atoms with Gasteiger partial charge in [-0.25, -0.2) is 9.18 Å². The van der Waals surface area contributed by atoms with Crippen LogP contribution in [0.5, 0.6) is 0 Å². The molecular formula is C16H23FN2O3. The second-order valence-corrected chi connectivity index (χ2v) is 5.94. The molecule has 122 valence electrons. The highest BCUT2D eigenvalue weighted by molar-refractivity contribution is 5.76. The van der Waals surface area contributed by atoms with Crippen LogP contribution in [-0.2, 0) is 16.1 Å². The van der Waals surface area contributed by atoms with Gasteiger partial charge in [-0.3, -0.25) is 4.79 Å². The molecule has 1 aromatic rings. The molecule has 0 aliphatic carbocycles. The van der Waals surface area contributed by atoms with Gasteiger partial charge in [0.05, 0.1) is 0 Å². The van der Waals surface area contributed by atoms with Gasteiger partial charge in [0.2, 0.25) is 5.91 Å². The molecule has 5 nitrogen and oxygen atoms in total. The van der Waals surface area contributed by atoms with Gasteiger partial charge < -0.3 is 15.4 Å². The third-order valence-corrected chi connectivity index (χ3v) is 2.65. The third-order valence-electron chi connectivity index (χ3n) is 2.65. The number of alkyl carbamates (subject to hydrolysis) is 1. The quantitative estimate of drug-likeness (QED) is 0.794. The third kappa shape index (κ3) is 8.24. The molecule has 6 heteroatoms. The van der Waals surface area contributed by atoms with E-state index >= 15 is 0 Å². The molecule has 1 aromatic carbocycles. The van der Waals surface area contributed by atoms with E-state index in [0.29, 0.717) is 25.9 Å². The van der Waals surface area contributed by atoms with E-state index in [0.717, 1.165) is 5.56 Å². The van der Waals surface area contributed by atoms with Crippen molar-refractivity contribution in [1.29, 1.82) is 0 Å². The lowest BCUT2D eigenvalue weighted by Gasteiger charge is -2.19. The summed E-state index contributed by atoms with van der Waals surface area (Å²) in [5.74, 6) is -0.418.